The summed E-state index contributed by atoms with van der Waals surface area (Å²) in [7, 11) is 0. The van der Waals surface area contributed by atoms with Gasteiger partial charge in [-0.1, -0.05) is 92.4 Å². The summed E-state index contributed by atoms with van der Waals surface area (Å²) < 4.78 is 0. The number of carbonyl (C=O) groups is 1. The first-order valence-corrected chi connectivity index (χ1v) is 9.78. The molecular weight excluding hydrogens is 286 g/mol. The molecule has 0 fully saturated rings. The van der Waals surface area contributed by atoms with E-state index in [0.717, 1.165) is 24.2 Å². The zero-order valence-electron chi connectivity index (χ0n) is 16.2. The minimum absolute atomic E-state index is 0.267. The quantitative estimate of drug-likeness (QED) is 0.305. The minimum Gasteiger partial charge on any atom is -0.289 e. The van der Waals surface area contributed by atoms with Crippen LogP contribution in [0, 0.1) is 23.7 Å². The van der Waals surface area contributed by atoms with E-state index in [1.54, 1.807) is 5.48 Å². The minimum atomic E-state index is -0.267. The van der Waals surface area contributed by atoms with Crippen LogP contribution < -0.4 is 5.48 Å². The molecule has 0 aliphatic heterocycles. The smallest absolute Gasteiger partial charge is 0.243 e. The molecule has 2 N–H and O–H groups in total. The molecule has 0 aromatic carbocycles. The van der Waals surface area contributed by atoms with Crippen molar-refractivity contribution in [3.8, 4) is 0 Å². The first kappa shape index (κ1) is 22.4. The van der Waals surface area contributed by atoms with Gasteiger partial charge in [0.2, 0.25) is 5.91 Å². The first-order valence-electron chi connectivity index (χ1n) is 9.78. The van der Waals surface area contributed by atoms with Gasteiger partial charge in [-0.2, -0.15) is 0 Å². The normalized spacial score (nSPS) is 15.4. The second-order valence-electron chi connectivity index (χ2n) is 8.24. The van der Waals surface area contributed by atoms with Gasteiger partial charge in [-0.15, -0.1) is 0 Å². The van der Waals surface area contributed by atoms with Crippen molar-refractivity contribution in [3.05, 3.63) is 0 Å². The number of hydrogen-bond donors (Lipinski definition) is 2. The molecule has 0 aromatic heterocycles. The second-order valence-corrected chi connectivity index (χ2v) is 8.24. The maximum atomic E-state index is 11.1. The van der Waals surface area contributed by atoms with Crippen LogP contribution in [0.15, 0.2) is 0 Å². The van der Waals surface area contributed by atoms with E-state index in [2.05, 4.69) is 34.6 Å². The molecule has 0 rings (SSSR count). The highest BCUT2D eigenvalue weighted by Gasteiger charge is 2.10. The molecule has 3 atom stereocenters. The summed E-state index contributed by atoms with van der Waals surface area (Å²) in [5.74, 6) is 2.59. The fourth-order valence-electron chi connectivity index (χ4n) is 3.26. The molecule has 0 bridgehead atoms. The number of nitrogens with one attached hydrogen (secondary N) is 1. The Bertz CT molecular complexity index is 291. The van der Waals surface area contributed by atoms with Crippen molar-refractivity contribution in [2.45, 2.75) is 98.8 Å². The van der Waals surface area contributed by atoms with Gasteiger partial charge < -0.3 is 0 Å². The fraction of sp³-hybridized carbons (Fsp3) is 0.950. The largest absolute Gasteiger partial charge is 0.289 e. The van der Waals surface area contributed by atoms with E-state index in [4.69, 9.17) is 5.21 Å². The molecule has 0 aliphatic rings. The van der Waals surface area contributed by atoms with Crippen molar-refractivity contribution in [2.24, 2.45) is 23.7 Å². The van der Waals surface area contributed by atoms with E-state index < -0.39 is 0 Å². The van der Waals surface area contributed by atoms with Crippen LogP contribution in [-0.4, -0.2) is 11.1 Å². The lowest BCUT2D eigenvalue weighted by Gasteiger charge is -2.16. The van der Waals surface area contributed by atoms with E-state index in [1.165, 1.54) is 51.4 Å². The maximum Gasteiger partial charge on any atom is 0.243 e. The number of hydrogen-bond acceptors (Lipinski definition) is 2. The summed E-state index contributed by atoms with van der Waals surface area (Å²) in [6.07, 6.45) is 12.1. The van der Waals surface area contributed by atoms with E-state index in [9.17, 15) is 4.79 Å². The topological polar surface area (TPSA) is 49.3 Å². The third-order valence-corrected chi connectivity index (χ3v) is 4.92. The molecule has 0 saturated heterocycles. The van der Waals surface area contributed by atoms with Gasteiger partial charge in [0.15, 0.2) is 0 Å². The maximum absolute atomic E-state index is 11.1. The molecule has 0 aromatic rings. The van der Waals surface area contributed by atoms with Gasteiger partial charge in [-0.25, -0.2) is 5.48 Å². The Morgan fingerprint density at radius 2 is 1.13 bits per heavy atom. The molecule has 0 spiro atoms. The first-order chi connectivity index (χ1) is 10.8. The van der Waals surface area contributed by atoms with Crippen molar-refractivity contribution < 1.29 is 10.0 Å². The van der Waals surface area contributed by atoms with Gasteiger partial charge in [-0.3, -0.25) is 10.0 Å². The Morgan fingerprint density at radius 1 is 0.739 bits per heavy atom. The summed E-state index contributed by atoms with van der Waals surface area (Å²) in [5, 5.41) is 8.52. The van der Waals surface area contributed by atoms with Crippen LogP contribution in [0.3, 0.4) is 0 Å². The van der Waals surface area contributed by atoms with Crippen molar-refractivity contribution in [3.63, 3.8) is 0 Å². The Labute approximate surface area is 144 Å². The summed E-state index contributed by atoms with van der Waals surface area (Å²) in [6, 6.07) is 0. The SMILES string of the molecule is CC(C)CCCC(C)CCCC(C)CCCC(C)CC(=O)NO. The van der Waals surface area contributed by atoms with Crippen LogP contribution in [0.5, 0.6) is 0 Å². The Morgan fingerprint density at radius 3 is 1.52 bits per heavy atom. The van der Waals surface area contributed by atoms with Crippen LogP contribution in [0.2, 0.25) is 0 Å². The number of carbonyl (C=O) groups excluding carboxylic acids is 1. The molecule has 138 valence electrons. The second kappa shape index (κ2) is 13.8. The van der Waals surface area contributed by atoms with Crippen molar-refractivity contribution in [2.75, 3.05) is 0 Å². The lowest BCUT2D eigenvalue weighted by Crippen LogP contribution is -2.20. The van der Waals surface area contributed by atoms with Crippen LogP contribution in [0.4, 0.5) is 0 Å². The Balaban J connectivity index is 3.56. The standard InChI is InChI=1S/C20H41NO2/c1-16(2)9-6-10-17(3)11-7-12-18(4)13-8-14-19(5)15-20(22)21-23/h16-19,23H,6-15H2,1-5H3,(H,21,22). The molecule has 0 aliphatic carbocycles. The average Bonchev–Trinajstić information content (AvgIpc) is 2.46. The summed E-state index contributed by atoms with van der Waals surface area (Å²) in [5.41, 5.74) is 1.72. The molecule has 23 heavy (non-hydrogen) atoms. The predicted molar refractivity (Wildman–Crippen MR) is 98.4 cm³/mol. The molecule has 3 heteroatoms. The zero-order chi connectivity index (χ0) is 17.7. The highest BCUT2D eigenvalue weighted by molar-refractivity contribution is 5.74. The summed E-state index contributed by atoms with van der Waals surface area (Å²) in [4.78, 5) is 11.1. The molecule has 1 amide bonds. The number of hydroxylamine groups is 1. The molecule has 3 unspecified atom stereocenters. The lowest BCUT2D eigenvalue weighted by atomic mass is 9.91. The summed E-state index contributed by atoms with van der Waals surface area (Å²) in [6.45, 7) is 11.5. The molecule has 3 nitrogen and oxygen atoms in total. The zero-order valence-corrected chi connectivity index (χ0v) is 16.2. The van der Waals surface area contributed by atoms with E-state index in [-0.39, 0.29) is 5.91 Å². The van der Waals surface area contributed by atoms with E-state index in [1.807, 2.05) is 0 Å². The third-order valence-electron chi connectivity index (χ3n) is 4.92. The van der Waals surface area contributed by atoms with Crippen molar-refractivity contribution in [1.82, 2.24) is 5.48 Å². The van der Waals surface area contributed by atoms with Crippen LogP contribution in [0.1, 0.15) is 98.8 Å². The van der Waals surface area contributed by atoms with Gasteiger partial charge in [0.05, 0.1) is 0 Å². The van der Waals surface area contributed by atoms with Gasteiger partial charge in [0, 0.05) is 6.42 Å². The van der Waals surface area contributed by atoms with Gasteiger partial charge in [-0.05, 0) is 23.7 Å². The average molecular weight is 328 g/mol. The van der Waals surface area contributed by atoms with Gasteiger partial charge in [0.25, 0.3) is 0 Å². The number of rotatable bonds is 14. The monoisotopic (exact) mass is 327 g/mol. The van der Waals surface area contributed by atoms with Gasteiger partial charge >= 0.3 is 0 Å². The third kappa shape index (κ3) is 14.7. The predicted octanol–water partition coefficient (Wildman–Crippen LogP) is 5.96. The van der Waals surface area contributed by atoms with Crippen molar-refractivity contribution in [1.29, 1.82) is 0 Å². The van der Waals surface area contributed by atoms with Gasteiger partial charge in [0.1, 0.15) is 0 Å². The fourth-order valence-corrected chi connectivity index (χ4v) is 3.26. The lowest BCUT2D eigenvalue weighted by molar-refractivity contribution is -0.130. The summed E-state index contributed by atoms with van der Waals surface area (Å²) >= 11 is 0. The Kier molecular flexibility index (Phi) is 13.5. The molecule has 0 saturated carbocycles. The van der Waals surface area contributed by atoms with Crippen molar-refractivity contribution >= 4 is 5.91 Å². The van der Waals surface area contributed by atoms with Crippen LogP contribution in [-0.2, 0) is 4.79 Å². The molecular formula is C20H41NO2. The molecule has 0 heterocycles. The van der Waals surface area contributed by atoms with E-state index >= 15 is 0 Å². The van der Waals surface area contributed by atoms with Crippen LogP contribution >= 0.6 is 0 Å². The van der Waals surface area contributed by atoms with Crippen LogP contribution in [0.25, 0.3) is 0 Å². The number of amides is 1. The van der Waals surface area contributed by atoms with E-state index in [0.29, 0.717) is 12.3 Å². The molecule has 0 radical (unpaired) electrons. The highest BCUT2D eigenvalue weighted by Crippen LogP contribution is 2.22. The Hall–Kier alpha value is -0.570. The highest BCUT2D eigenvalue weighted by atomic mass is 16.5.